The van der Waals surface area contributed by atoms with Gasteiger partial charge in [0.05, 0.1) is 5.56 Å². The Morgan fingerprint density at radius 3 is 1.50 bits per heavy atom. The second-order valence-corrected chi connectivity index (χ2v) is 9.12. The lowest BCUT2D eigenvalue weighted by Gasteiger charge is -2.15. The summed E-state index contributed by atoms with van der Waals surface area (Å²) in [4.78, 5) is 8.07. The van der Waals surface area contributed by atoms with E-state index in [9.17, 15) is 5.11 Å². The molecule has 180 valence electrons. The number of nitrogens with zero attached hydrogens (tertiary/aromatic N) is 2. The molecule has 38 heavy (non-hydrogen) atoms. The van der Waals surface area contributed by atoms with E-state index in [2.05, 4.69) is 101 Å². The molecule has 1 aliphatic rings. The van der Waals surface area contributed by atoms with Crippen LogP contribution in [0.4, 0.5) is 0 Å². The molecule has 0 unspecified atom stereocenters. The van der Waals surface area contributed by atoms with Crippen LogP contribution in [0.1, 0.15) is 39.8 Å². The number of rotatable bonds is 4. The molecule has 0 amide bonds. The molecule has 3 heteroatoms. The van der Waals surface area contributed by atoms with E-state index in [0.29, 0.717) is 0 Å². The topological polar surface area (TPSA) is 46.0 Å². The van der Waals surface area contributed by atoms with Gasteiger partial charge in [0, 0.05) is 18.0 Å². The van der Waals surface area contributed by atoms with Gasteiger partial charge in [0.2, 0.25) is 0 Å². The third-order valence-electron chi connectivity index (χ3n) is 6.69. The van der Waals surface area contributed by atoms with Crippen LogP contribution in [0.5, 0.6) is 5.75 Å². The van der Waals surface area contributed by atoms with Crippen molar-refractivity contribution in [2.24, 2.45) is 0 Å². The van der Waals surface area contributed by atoms with Gasteiger partial charge in [-0.3, -0.25) is 0 Å². The highest BCUT2D eigenvalue weighted by Gasteiger charge is 2.28. The van der Waals surface area contributed by atoms with Crippen LogP contribution < -0.4 is 0 Å². The molecule has 1 aromatic heterocycles. The van der Waals surface area contributed by atoms with Gasteiger partial charge in [0.25, 0.3) is 0 Å². The van der Waals surface area contributed by atoms with E-state index in [4.69, 9.17) is 0 Å². The molecule has 4 aromatic carbocycles. The fourth-order valence-electron chi connectivity index (χ4n) is 4.92. The average Bonchev–Trinajstić information content (AvgIpc) is 3.39. The maximum atomic E-state index is 10.0. The normalized spacial score (nSPS) is 12.8. The van der Waals surface area contributed by atoms with Gasteiger partial charge in [0.1, 0.15) is 12.1 Å². The number of benzene rings is 4. The molecule has 3 nitrogen and oxygen atoms in total. The van der Waals surface area contributed by atoms with Crippen LogP contribution in [0.3, 0.4) is 0 Å². The first-order chi connectivity index (χ1) is 18.8. The molecule has 0 fully saturated rings. The Balaban J connectivity index is 1.51. The fourth-order valence-corrected chi connectivity index (χ4v) is 4.92. The summed E-state index contributed by atoms with van der Waals surface area (Å²) in [5.74, 6) is 6.61. The predicted octanol–water partition coefficient (Wildman–Crippen LogP) is 7.51. The molecule has 0 saturated carbocycles. The zero-order valence-corrected chi connectivity index (χ0v) is 20.7. The molecule has 5 aromatic rings. The maximum Gasteiger partial charge on any atom is 0.115 e. The minimum atomic E-state index is 0.258. The number of aromatic hydroxyl groups is 1. The first-order valence-corrected chi connectivity index (χ1v) is 12.5. The van der Waals surface area contributed by atoms with Crippen LogP contribution in [0.25, 0.3) is 22.3 Å². The van der Waals surface area contributed by atoms with Crippen molar-refractivity contribution in [2.75, 3.05) is 0 Å². The van der Waals surface area contributed by atoms with Crippen LogP contribution >= 0.6 is 0 Å². The third-order valence-corrected chi connectivity index (χ3v) is 6.69. The highest BCUT2D eigenvalue weighted by atomic mass is 16.3. The minimum absolute atomic E-state index is 0.258. The monoisotopic (exact) mass is 488 g/mol. The van der Waals surface area contributed by atoms with E-state index in [1.165, 1.54) is 39.7 Å². The van der Waals surface area contributed by atoms with Gasteiger partial charge in [-0.2, -0.15) is 0 Å². The Bertz CT molecular complexity index is 1690. The Morgan fingerprint density at radius 1 is 0.500 bits per heavy atom. The van der Waals surface area contributed by atoms with Crippen LogP contribution in [0.15, 0.2) is 128 Å². The first-order valence-electron chi connectivity index (χ1n) is 12.5. The van der Waals surface area contributed by atoms with Crippen molar-refractivity contribution in [3.05, 3.63) is 161 Å². The summed E-state index contributed by atoms with van der Waals surface area (Å²) >= 11 is 0. The molecule has 1 heterocycles. The molecule has 1 N–H and O–H groups in total. The predicted molar refractivity (Wildman–Crippen MR) is 154 cm³/mol. The molecule has 0 spiro atoms. The molecule has 0 radical (unpaired) electrons. The molecule has 0 bridgehead atoms. The number of phenolic OH excluding ortho intramolecular Hbond substituents is 1. The van der Waals surface area contributed by atoms with Gasteiger partial charge < -0.3 is 5.11 Å². The zero-order chi connectivity index (χ0) is 25.7. The largest absolute Gasteiger partial charge is 0.508 e. The zero-order valence-electron chi connectivity index (χ0n) is 20.7. The lowest BCUT2D eigenvalue weighted by Crippen LogP contribution is -1.93. The van der Waals surface area contributed by atoms with Crippen molar-refractivity contribution in [3.8, 4) is 17.6 Å². The average molecular weight is 489 g/mol. The Hall–Kier alpha value is -5.20. The van der Waals surface area contributed by atoms with E-state index in [1.54, 1.807) is 24.5 Å². The summed E-state index contributed by atoms with van der Waals surface area (Å²) in [6.07, 6.45) is 5.74. The summed E-state index contributed by atoms with van der Waals surface area (Å²) < 4.78 is 0. The van der Waals surface area contributed by atoms with E-state index < -0.39 is 0 Å². The lowest BCUT2D eigenvalue weighted by molar-refractivity contribution is 0.475. The van der Waals surface area contributed by atoms with Gasteiger partial charge in [-0.15, -0.1) is 0 Å². The highest BCUT2D eigenvalue weighted by molar-refractivity contribution is 6.27. The highest BCUT2D eigenvalue weighted by Crippen LogP contribution is 2.51. The van der Waals surface area contributed by atoms with Crippen molar-refractivity contribution in [1.29, 1.82) is 0 Å². The smallest absolute Gasteiger partial charge is 0.115 e. The number of hydrogen-bond donors (Lipinski definition) is 1. The standard InChI is InChI=1S/C35H24N2O/c38-31-19-17-30(18-20-31)35-33(28-9-5-2-6-10-28)21-32(27-7-3-1-4-8-27)34(35)29-15-13-25(14-16-29)11-12-26-22-36-24-37-23-26/h1-10,13-20,22-24,38H,21H2. The molecule has 0 atom stereocenters. The summed E-state index contributed by atoms with van der Waals surface area (Å²) in [6.45, 7) is 0. The maximum absolute atomic E-state index is 10.0. The van der Waals surface area contributed by atoms with Crippen molar-refractivity contribution >= 4 is 22.3 Å². The Morgan fingerprint density at radius 2 is 0.974 bits per heavy atom. The third kappa shape index (κ3) is 4.76. The SMILES string of the molecule is Oc1ccc(C2=C(c3ccccc3)CC(c3ccccc3)=C2c2ccc(C#Cc3cncnc3)cc2)cc1. The van der Waals surface area contributed by atoms with Gasteiger partial charge in [-0.05, 0) is 75.2 Å². The van der Waals surface area contributed by atoms with Crippen molar-refractivity contribution in [1.82, 2.24) is 9.97 Å². The molecule has 0 saturated heterocycles. The Kier molecular flexibility index (Phi) is 6.37. The first kappa shape index (κ1) is 23.2. The van der Waals surface area contributed by atoms with Crippen molar-refractivity contribution in [3.63, 3.8) is 0 Å². The number of aromatic nitrogens is 2. The minimum Gasteiger partial charge on any atom is -0.508 e. The molecular weight excluding hydrogens is 464 g/mol. The van der Waals surface area contributed by atoms with Crippen LogP contribution in [-0.2, 0) is 0 Å². The van der Waals surface area contributed by atoms with Gasteiger partial charge in [-0.25, -0.2) is 9.97 Å². The number of allylic oxidation sites excluding steroid dienone is 4. The van der Waals surface area contributed by atoms with Crippen LogP contribution in [0.2, 0.25) is 0 Å². The van der Waals surface area contributed by atoms with E-state index in [-0.39, 0.29) is 5.75 Å². The summed E-state index contributed by atoms with van der Waals surface area (Å²) in [5, 5.41) is 10.0. The number of phenols is 1. The number of hydrogen-bond acceptors (Lipinski definition) is 3. The van der Waals surface area contributed by atoms with Gasteiger partial charge in [-0.1, -0.05) is 96.8 Å². The molecule has 6 rings (SSSR count). The second-order valence-electron chi connectivity index (χ2n) is 9.12. The van der Waals surface area contributed by atoms with Crippen molar-refractivity contribution < 1.29 is 5.11 Å². The quantitative estimate of drug-likeness (QED) is 0.266. The Labute approximate surface area is 222 Å². The summed E-state index contributed by atoms with van der Waals surface area (Å²) in [5.41, 5.74) is 11.3. The van der Waals surface area contributed by atoms with E-state index >= 15 is 0 Å². The fraction of sp³-hybridized carbons (Fsp3) is 0.0286. The molecule has 0 aliphatic heterocycles. The van der Waals surface area contributed by atoms with Gasteiger partial charge in [0.15, 0.2) is 0 Å². The van der Waals surface area contributed by atoms with Crippen LogP contribution in [0, 0.1) is 11.8 Å². The van der Waals surface area contributed by atoms with Crippen molar-refractivity contribution in [2.45, 2.75) is 6.42 Å². The van der Waals surface area contributed by atoms with E-state index in [0.717, 1.165) is 28.7 Å². The molecular formula is C35H24N2O. The second kappa shape index (κ2) is 10.4. The summed E-state index contributed by atoms with van der Waals surface area (Å²) in [6, 6.07) is 37.1. The lowest BCUT2D eigenvalue weighted by atomic mass is 9.89. The molecule has 1 aliphatic carbocycles. The van der Waals surface area contributed by atoms with E-state index in [1.807, 2.05) is 18.2 Å². The van der Waals surface area contributed by atoms with Gasteiger partial charge >= 0.3 is 0 Å². The van der Waals surface area contributed by atoms with Crippen LogP contribution in [-0.4, -0.2) is 15.1 Å². The summed E-state index contributed by atoms with van der Waals surface area (Å²) in [7, 11) is 0.